The molecule has 0 atom stereocenters. The maximum absolute atomic E-state index is 5.15. The number of aromatic nitrogens is 1. The molecule has 90 valence electrons. The molecule has 0 aliphatic carbocycles. The van der Waals surface area contributed by atoms with Gasteiger partial charge >= 0.3 is 0 Å². The van der Waals surface area contributed by atoms with Crippen molar-refractivity contribution in [3.63, 3.8) is 0 Å². The highest BCUT2D eigenvalue weighted by Gasteiger charge is 1.99. The Morgan fingerprint density at radius 2 is 2.19 bits per heavy atom. The zero-order valence-corrected chi connectivity index (χ0v) is 11.5. The minimum Gasteiger partial charge on any atom is -0.363 e. The number of rotatable bonds is 6. The second-order valence-electron chi connectivity index (χ2n) is 3.67. The van der Waals surface area contributed by atoms with E-state index in [1.54, 1.807) is 11.3 Å². The molecule has 0 bridgehead atoms. The Labute approximate surface area is 107 Å². The second-order valence-corrected chi connectivity index (χ2v) is 5.02. The van der Waals surface area contributed by atoms with Crippen molar-refractivity contribution < 1.29 is 0 Å². The van der Waals surface area contributed by atoms with Gasteiger partial charge in [0.25, 0.3) is 0 Å². The van der Waals surface area contributed by atoms with Gasteiger partial charge in [-0.3, -0.25) is 0 Å². The Morgan fingerprint density at radius 1 is 1.44 bits per heavy atom. The van der Waals surface area contributed by atoms with Gasteiger partial charge in [-0.2, -0.15) is 0 Å². The first-order valence-electron chi connectivity index (χ1n) is 5.65. The summed E-state index contributed by atoms with van der Waals surface area (Å²) in [7, 11) is 0. The third-order valence-corrected chi connectivity index (χ3v) is 3.42. The van der Waals surface area contributed by atoms with Crippen molar-refractivity contribution in [2.75, 3.05) is 13.1 Å². The van der Waals surface area contributed by atoms with Crippen molar-refractivity contribution in [3.8, 4) is 0 Å². The van der Waals surface area contributed by atoms with Gasteiger partial charge in [0.1, 0.15) is 0 Å². The second kappa shape index (κ2) is 7.57. The van der Waals surface area contributed by atoms with E-state index < -0.39 is 0 Å². The summed E-state index contributed by atoms with van der Waals surface area (Å²) >= 11 is 6.86. The van der Waals surface area contributed by atoms with E-state index in [2.05, 4.69) is 27.9 Å². The molecule has 0 aliphatic heterocycles. The number of hydrogen-bond donors (Lipinski definition) is 2. The minimum atomic E-state index is 0.752. The van der Waals surface area contributed by atoms with Gasteiger partial charge in [-0.05, 0) is 25.6 Å². The Hall–Kier alpha value is -0.680. The first kappa shape index (κ1) is 13.4. The number of unbranched alkanes of at least 4 members (excludes halogenated alkanes) is 1. The predicted molar refractivity (Wildman–Crippen MR) is 74.1 cm³/mol. The summed E-state index contributed by atoms with van der Waals surface area (Å²) in [5.41, 5.74) is 1.10. The Kier molecular flexibility index (Phi) is 6.33. The van der Waals surface area contributed by atoms with Crippen molar-refractivity contribution in [2.45, 2.75) is 33.1 Å². The summed E-state index contributed by atoms with van der Waals surface area (Å²) in [6.45, 7) is 6.00. The van der Waals surface area contributed by atoms with Gasteiger partial charge in [-0.25, -0.2) is 4.98 Å². The summed E-state index contributed by atoms with van der Waals surface area (Å²) in [5.74, 6) is 0. The predicted octanol–water partition coefficient (Wildman–Crippen LogP) is 2.26. The van der Waals surface area contributed by atoms with Crippen molar-refractivity contribution in [3.05, 3.63) is 16.1 Å². The molecular weight excluding hydrogens is 238 g/mol. The lowest BCUT2D eigenvalue weighted by Gasteiger charge is -2.08. The molecule has 16 heavy (non-hydrogen) atoms. The zero-order chi connectivity index (χ0) is 11.8. The summed E-state index contributed by atoms with van der Waals surface area (Å²) in [5, 5.41) is 10.4. The van der Waals surface area contributed by atoms with Gasteiger partial charge < -0.3 is 10.6 Å². The Balaban J connectivity index is 2.08. The van der Waals surface area contributed by atoms with Crippen LogP contribution in [0.5, 0.6) is 0 Å². The highest BCUT2D eigenvalue weighted by molar-refractivity contribution is 7.80. The van der Waals surface area contributed by atoms with Crippen LogP contribution in [0.4, 0.5) is 0 Å². The molecule has 0 aliphatic rings. The zero-order valence-electron chi connectivity index (χ0n) is 9.88. The van der Waals surface area contributed by atoms with Crippen molar-refractivity contribution >= 4 is 28.7 Å². The van der Waals surface area contributed by atoms with E-state index in [9.17, 15) is 0 Å². The lowest BCUT2D eigenvalue weighted by atomic mass is 10.3. The molecule has 0 radical (unpaired) electrons. The van der Waals surface area contributed by atoms with E-state index in [4.69, 9.17) is 12.2 Å². The van der Waals surface area contributed by atoms with Gasteiger partial charge in [0.05, 0.1) is 5.01 Å². The largest absolute Gasteiger partial charge is 0.363 e. The van der Waals surface area contributed by atoms with E-state index in [0.29, 0.717) is 0 Å². The molecule has 0 aromatic carbocycles. The average molecular weight is 257 g/mol. The van der Waals surface area contributed by atoms with E-state index in [1.165, 1.54) is 11.4 Å². The maximum Gasteiger partial charge on any atom is 0.166 e. The molecule has 5 heteroatoms. The number of hydrogen-bond acceptors (Lipinski definition) is 3. The standard InChI is InChI=1S/C11H19N3S2/c1-3-4-6-12-11(15)13-7-5-10-14-9(2)8-16-10/h8H,3-7H2,1-2H3,(H2,12,13,15). The van der Waals surface area contributed by atoms with Gasteiger partial charge in [0.15, 0.2) is 5.11 Å². The third-order valence-electron chi connectivity index (χ3n) is 2.11. The Morgan fingerprint density at radius 3 is 2.81 bits per heavy atom. The van der Waals surface area contributed by atoms with Crippen LogP contribution in [0.15, 0.2) is 5.38 Å². The Bertz CT molecular complexity index is 323. The van der Waals surface area contributed by atoms with E-state index in [-0.39, 0.29) is 0 Å². The molecule has 1 heterocycles. The van der Waals surface area contributed by atoms with Crippen molar-refractivity contribution in [1.29, 1.82) is 0 Å². The number of thiazole rings is 1. The molecule has 0 unspecified atom stereocenters. The van der Waals surface area contributed by atoms with Gasteiger partial charge in [-0.1, -0.05) is 13.3 Å². The first-order valence-corrected chi connectivity index (χ1v) is 6.94. The smallest absolute Gasteiger partial charge is 0.166 e. The van der Waals surface area contributed by atoms with Gasteiger partial charge in [0.2, 0.25) is 0 Å². The molecule has 2 N–H and O–H groups in total. The molecule has 1 aromatic heterocycles. The van der Waals surface area contributed by atoms with Crippen LogP contribution < -0.4 is 10.6 Å². The lowest BCUT2D eigenvalue weighted by Crippen LogP contribution is -2.36. The summed E-state index contributed by atoms with van der Waals surface area (Å²) < 4.78 is 0. The van der Waals surface area contributed by atoms with E-state index in [0.717, 1.165) is 36.7 Å². The number of thiocarbonyl (C=S) groups is 1. The van der Waals surface area contributed by atoms with Crippen LogP contribution in [0.1, 0.15) is 30.5 Å². The van der Waals surface area contributed by atoms with E-state index >= 15 is 0 Å². The molecule has 0 saturated carbocycles. The quantitative estimate of drug-likeness (QED) is 0.605. The van der Waals surface area contributed by atoms with Crippen LogP contribution in [0, 0.1) is 6.92 Å². The maximum atomic E-state index is 5.15. The first-order chi connectivity index (χ1) is 7.72. The van der Waals surface area contributed by atoms with Gasteiger partial charge in [0, 0.05) is 30.6 Å². The minimum absolute atomic E-state index is 0.752. The van der Waals surface area contributed by atoms with Crippen LogP contribution >= 0.6 is 23.6 Å². The molecule has 1 rings (SSSR count). The monoisotopic (exact) mass is 257 g/mol. The molecule has 1 aromatic rings. The highest BCUT2D eigenvalue weighted by Crippen LogP contribution is 2.08. The van der Waals surface area contributed by atoms with Crippen molar-refractivity contribution in [2.24, 2.45) is 0 Å². The molecule has 3 nitrogen and oxygen atoms in total. The number of aryl methyl sites for hydroxylation is 1. The third kappa shape index (κ3) is 5.42. The normalized spacial score (nSPS) is 10.1. The van der Waals surface area contributed by atoms with Crippen LogP contribution in [0.25, 0.3) is 0 Å². The van der Waals surface area contributed by atoms with Crippen LogP contribution in [-0.2, 0) is 6.42 Å². The fraction of sp³-hybridized carbons (Fsp3) is 0.636. The molecular formula is C11H19N3S2. The highest BCUT2D eigenvalue weighted by atomic mass is 32.1. The summed E-state index contributed by atoms with van der Waals surface area (Å²) in [6, 6.07) is 0. The number of nitrogens with one attached hydrogen (secondary N) is 2. The van der Waals surface area contributed by atoms with Crippen molar-refractivity contribution in [1.82, 2.24) is 15.6 Å². The van der Waals surface area contributed by atoms with Gasteiger partial charge in [-0.15, -0.1) is 11.3 Å². The number of nitrogens with zero attached hydrogens (tertiary/aromatic N) is 1. The van der Waals surface area contributed by atoms with E-state index in [1.807, 2.05) is 6.92 Å². The topological polar surface area (TPSA) is 37.0 Å². The SMILES string of the molecule is CCCCNC(=S)NCCc1nc(C)cs1. The lowest BCUT2D eigenvalue weighted by molar-refractivity contribution is 0.736. The van der Waals surface area contributed by atoms with Crippen LogP contribution in [0.2, 0.25) is 0 Å². The fourth-order valence-corrected chi connectivity index (χ4v) is 2.22. The summed E-state index contributed by atoms with van der Waals surface area (Å²) in [6.07, 6.45) is 3.29. The molecule has 0 saturated heterocycles. The fourth-order valence-electron chi connectivity index (χ4n) is 1.24. The summed E-state index contributed by atoms with van der Waals surface area (Å²) in [4.78, 5) is 4.40. The molecule has 0 fully saturated rings. The molecule has 0 amide bonds. The molecule has 0 spiro atoms. The van der Waals surface area contributed by atoms with Crippen LogP contribution in [0.3, 0.4) is 0 Å². The average Bonchev–Trinajstić information content (AvgIpc) is 2.65. The van der Waals surface area contributed by atoms with Crippen LogP contribution in [-0.4, -0.2) is 23.2 Å².